The Morgan fingerprint density at radius 3 is 2.50 bits per heavy atom. The molecule has 0 fully saturated rings. The molecule has 0 saturated carbocycles. The minimum atomic E-state index is -4.75. The number of aromatic nitrogens is 1. The van der Waals surface area contributed by atoms with Crippen molar-refractivity contribution in [2.24, 2.45) is 0 Å². The van der Waals surface area contributed by atoms with E-state index in [0.717, 1.165) is 0 Å². The Balaban J connectivity index is 2.35. The lowest BCUT2D eigenvalue weighted by Gasteiger charge is -2.13. The van der Waals surface area contributed by atoms with E-state index in [2.05, 4.69) is 9.72 Å². The predicted molar refractivity (Wildman–Crippen MR) is 65.7 cm³/mol. The molecule has 2 rings (SSSR count). The van der Waals surface area contributed by atoms with Gasteiger partial charge in [0.15, 0.2) is 0 Å². The Hall–Kier alpha value is -2.55. The third-order valence-electron chi connectivity index (χ3n) is 2.51. The number of nitriles is 1. The van der Waals surface area contributed by atoms with Gasteiger partial charge in [-0.2, -0.15) is 5.26 Å². The quantitative estimate of drug-likeness (QED) is 0.859. The molecule has 0 aliphatic heterocycles. The van der Waals surface area contributed by atoms with Crippen molar-refractivity contribution in [3.63, 3.8) is 0 Å². The summed E-state index contributed by atoms with van der Waals surface area (Å²) in [7, 11) is 0. The summed E-state index contributed by atoms with van der Waals surface area (Å²) in [5.41, 5.74) is 1.35. The maximum atomic E-state index is 12.3. The average Bonchev–Trinajstić information content (AvgIpc) is 2.39. The van der Waals surface area contributed by atoms with Crippen molar-refractivity contribution in [3.8, 4) is 22.9 Å². The number of benzene rings is 1. The van der Waals surface area contributed by atoms with Crippen LogP contribution in [0.1, 0.15) is 5.69 Å². The topological polar surface area (TPSA) is 45.9 Å². The molecule has 0 spiro atoms. The Labute approximate surface area is 113 Å². The minimum Gasteiger partial charge on any atom is -0.405 e. The number of rotatable bonds is 3. The van der Waals surface area contributed by atoms with Crippen molar-refractivity contribution in [3.05, 3.63) is 48.3 Å². The first-order chi connectivity index (χ1) is 9.49. The Bertz CT molecular complexity index is 630. The van der Waals surface area contributed by atoms with Gasteiger partial charge in [-0.05, 0) is 12.1 Å². The number of hydrogen-bond acceptors (Lipinski definition) is 3. The van der Waals surface area contributed by atoms with Crippen LogP contribution < -0.4 is 4.74 Å². The SMILES string of the molecule is N#CCc1ccc(-c2ccccc2OC(F)(F)F)cn1. The fourth-order valence-electron chi connectivity index (χ4n) is 1.69. The van der Waals surface area contributed by atoms with Crippen molar-refractivity contribution in [1.82, 2.24) is 4.98 Å². The van der Waals surface area contributed by atoms with Gasteiger partial charge in [-0.25, -0.2) is 0 Å². The molecule has 0 atom stereocenters. The van der Waals surface area contributed by atoms with E-state index in [4.69, 9.17) is 5.26 Å². The molecule has 0 saturated heterocycles. The minimum absolute atomic E-state index is 0.154. The van der Waals surface area contributed by atoms with Gasteiger partial charge in [0.05, 0.1) is 18.2 Å². The summed E-state index contributed by atoms with van der Waals surface area (Å²) in [6.45, 7) is 0. The molecule has 0 amide bonds. The molecule has 1 aromatic carbocycles. The van der Waals surface area contributed by atoms with Gasteiger partial charge < -0.3 is 4.74 Å². The van der Waals surface area contributed by atoms with Crippen LogP contribution in [0.3, 0.4) is 0 Å². The maximum Gasteiger partial charge on any atom is 0.573 e. The summed E-state index contributed by atoms with van der Waals surface area (Å²) in [5, 5.41) is 8.54. The van der Waals surface area contributed by atoms with Gasteiger partial charge in [-0.3, -0.25) is 4.98 Å². The molecule has 0 radical (unpaired) electrons. The van der Waals surface area contributed by atoms with Gasteiger partial charge in [0.1, 0.15) is 5.75 Å². The van der Waals surface area contributed by atoms with Crippen LogP contribution in [0.4, 0.5) is 13.2 Å². The monoisotopic (exact) mass is 278 g/mol. The summed E-state index contributed by atoms with van der Waals surface area (Å²) in [4.78, 5) is 4.02. The zero-order chi connectivity index (χ0) is 14.6. The van der Waals surface area contributed by atoms with Crippen LogP contribution >= 0.6 is 0 Å². The van der Waals surface area contributed by atoms with Gasteiger partial charge in [0, 0.05) is 17.3 Å². The van der Waals surface area contributed by atoms with Gasteiger partial charge >= 0.3 is 6.36 Å². The van der Waals surface area contributed by atoms with E-state index in [1.165, 1.54) is 24.4 Å². The van der Waals surface area contributed by atoms with E-state index >= 15 is 0 Å². The highest BCUT2D eigenvalue weighted by Crippen LogP contribution is 2.33. The zero-order valence-electron chi connectivity index (χ0n) is 10.2. The summed E-state index contributed by atoms with van der Waals surface area (Å²) in [5.74, 6) is -0.283. The first kappa shape index (κ1) is 13.9. The molecule has 6 heteroatoms. The molecule has 102 valence electrons. The number of nitrogens with zero attached hydrogens (tertiary/aromatic N) is 2. The molecule has 1 aromatic heterocycles. The largest absolute Gasteiger partial charge is 0.573 e. The second-order valence-corrected chi connectivity index (χ2v) is 3.92. The van der Waals surface area contributed by atoms with Crippen molar-refractivity contribution in [1.29, 1.82) is 5.26 Å². The van der Waals surface area contributed by atoms with E-state index < -0.39 is 6.36 Å². The highest BCUT2D eigenvalue weighted by Gasteiger charge is 2.32. The van der Waals surface area contributed by atoms with Crippen LogP contribution in [0.25, 0.3) is 11.1 Å². The number of halogens is 3. The fourth-order valence-corrected chi connectivity index (χ4v) is 1.69. The summed E-state index contributed by atoms with van der Waals surface area (Å²) in [6.07, 6.45) is -3.17. The Morgan fingerprint density at radius 1 is 1.15 bits per heavy atom. The lowest BCUT2D eigenvalue weighted by atomic mass is 10.1. The number of ether oxygens (including phenoxy) is 1. The maximum absolute atomic E-state index is 12.3. The van der Waals surface area contributed by atoms with E-state index in [1.54, 1.807) is 18.2 Å². The fraction of sp³-hybridized carbons (Fsp3) is 0.143. The van der Waals surface area contributed by atoms with Crippen LogP contribution in [0.5, 0.6) is 5.75 Å². The third-order valence-corrected chi connectivity index (χ3v) is 2.51. The lowest BCUT2D eigenvalue weighted by molar-refractivity contribution is -0.274. The second-order valence-electron chi connectivity index (χ2n) is 3.92. The second kappa shape index (κ2) is 5.61. The number of alkyl halides is 3. The lowest BCUT2D eigenvalue weighted by Crippen LogP contribution is -2.17. The van der Waals surface area contributed by atoms with Crippen molar-refractivity contribution in [2.75, 3.05) is 0 Å². The first-order valence-electron chi connectivity index (χ1n) is 5.66. The van der Waals surface area contributed by atoms with Gasteiger partial charge in [0.25, 0.3) is 0 Å². The van der Waals surface area contributed by atoms with E-state index in [1.807, 2.05) is 6.07 Å². The number of hydrogen-bond donors (Lipinski definition) is 0. The molecule has 0 aliphatic carbocycles. The third kappa shape index (κ3) is 3.48. The predicted octanol–water partition coefficient (Wildman–Crippen LogP) is 3.71. The van der Waals surface area contributed by atoms with Crippen LogP contribution in [-0.2, 0) is 6.42 Å². The molecule has 3 nitrogen and oxygen atoms in total. The van der Waals surface area contributed by atoms with Crippen LogP contribution in [0.15, 0.2) is 42.6 Å². The van der Waals surface area contributed by atoms with Gasteiger partial charge in [-0.15, -0.1) is 13.2 Å². The number of pyridine rings is 1. The molecule has 1 heterocycles. The van der Waals surface area contributed by atoms with Crippen LogP contribution in [0, 0.1) is 11.3 Å². The van der Waals surface area contributed by atoms with Gasteiger partial charge in [0.2, 0.25) is 0 Å². The summed E-state index contributed by atoms with van der Waals surface area (Å²) in [6, 6.07) is 11.0. The van der Waals surface area contributed by atoms with E-state index in [-0.39, 0.29) is 12.2 Å². The molecular formula is C14H9F3N2O. The average molecular weight is 278 g/mol. The van der Waals surface area contributed by atoms with Crippen molar-refractivity contribution < 1.29 is 17.9 Å². The molecular weight excluding hydrogens is 269 g/mol. The van der Waals surface area contributed by atoms with Crippen molar-refractivity contribution in [2.45, 2.75) is 12.8 Å². The van der Waals surface area contributed by atoms with Gasteiger partial charge in [-0.1, -0.05) is 24.3 Å². The smallest absolute Gasteiger partial charge is 0.405 e. The Morgan fingerprint density at radius 2 is 1.90 bits per heavy atom. The molecule has 0 bridgehead atoms. The number of para-hydroxylation sites is 1. The highest BCUT2D eigenvalue weighted by atomic mass is 19.4. The first-order valence-corrected chi connectivity index (χ1v) is 5.66. The van der Waals surface area contributed by atoms with E-state index in [9.17, 15) is 13.2 Å². The molecule has 20 heavy (non-hydrogen) atoms. The zero-order valence-corrected chi connectivity index (χ0v) is 10.2. The Kier molecular flexibility index (Phi) is 3.89. The molecule has 0 N–H and O–H groups in total. The molecule has 2 aromatic rings. The van der Waals surface area contributed by atoms with Crippen LogP contribution in [-0.4, -0.2) is 11.3 Å². The summed E-state index contributed by atoms with van der Waals surface area (Å²) >= 11 is 0. The highest BCUT2D eigenvalue weighted by molar-refractivity contribution is 5.69. The van der Waals surface area contributed by atoms with E-state index in [0.29, 0.717) is 16.8 Å². The van der Waals surface area contributed by atoms with Crippen LogP contribution in [0.2, 0.25) is 0 Å². The summed E-state index contributed by atoms with van der Waals surface area (Å²) < 4.78 is 41.0. The normalized spacial score (nSPS) is 10.9. The van der Waals surface area contributed by atoms with Crippen molar-refractivity contribution >= 4 is 0 Å². The molecule has 0 aliphatic rings. The standard InChI is InChI=1S/C14H9F3N2O/c15-14(16,17)20-13-4-2-1-3-12(13)10-5-6-11(7-8-18)19-9-10/h1-6,9H,7H2. The molecule has 0 unspecified atom stereocenters.